The van der Waals surface area contributed by atoms with Crippen LogP contribution < -0.4 is 5.73 Å². The van der Waals surface area contributed by atoms with Crippen LogP contribution in [-0.2, 0) is 0 Å². The fourth-order valence-corrected chi connectivity index (χ4v) is 2.90. The summed E-state index contributed by atoms with van der Waals surface area (Å²) in [7, 11) is 0. The van der Waals surface area contributed by atoms with Gasteiger partial charge in [-0.1, -0.05) is 17.7 Å². The van der Waals surface area contributed by atoms with E-state index in [0.717, 1.165) is 12.0 Å². The molecular formula is C17H14ClN5. The Hall–Kier alpha value is -2.53. The minimum Gasteiger partial charge on any atom is -0.398 e. The van der Waals surface area contributed by atoms with Gasteiger partial charge in [0.05, 0.1) is 10.7 Å². The van der Waals surface area contributed by atoms with Crippen LogP contribution in [0.4, 0.5) is 5.69 Å². The van der Waals surface area contributed by atoms with Crippen molar-refractivity contribution in [1.82, 2.24) is 19.9 Å². The molecule has 1 fully saturated rings. The summed E-state index contributed by atoms with van der Waals surface area (Å²) in [6, 6.07) is 7.62. The maximum atomic E-state index is 5.98. The van der Waals surface area contributed by atoms with Gasteiger partial charge in [-0.2, -0.15) is 0 Å². The van der Waals surface area contributed by atoms with E-state index in [0.29, 0.717) is 34.2 Å². The minimum absolute atomic E-state index is 0.432. The second-order valence-corrected chi connectivity index (χ2v) is 6.05. The van der Waals surface area contributed by atoms with Crippen LogP contribution in [0.15, 0.2) is 49.1 Å². The lowest BCUT2D eigenvalue weighted by Crippen LogP contribution is -1.96. The van der Waals surface area contributed by atoms with E-state index in [2.05, 4.69) is 19.9 Å². The van der Waals surface area contributed by atoms with E-state index >= 15 is 0 Å². The van der Waals surface area contributed by atoms with Gasteiger partial charge in [-0.3, -0.25) is 0 Å². The van der Waals surface area contributed by atoms with E-state index in [-0.39, 0.29) is 0 Å². The number of aromatic nitrogens is 4. The zero-order valence-corrected chi connectivity index (χ0v) is 13.0. The number of nitrogens with zero attached hydrogens (tertiary/aromatic N) is 4. The van der Waals surface area contributed by atoms with E-state index in [9.17, 15) is 0 Å². The Balaban J connectivity index is 1.53. The third-order valence-electron chi connectivity index (χ3n) is 4.10. The molecule has 1 aromatic carbocycles. The van der Waals surface area contributed by atoms with Gasteiger partial charge < -0.3 is 5.73 Å². The van der Waals surface area contributed by atoms with Crippen molar-refractivity contribution in [2.45, 2.75) is 18.3 Å². The van der Waals surface area contributed by atoms with Crippen molar-refractivity contribution in [3.05, 3.63) is 65.2 Å². The van der Waals surface area contributed by atoms with Crippen molar-refractivity contribution in [3.63, 3.8) is 0 Å². The molecule has 23 heavy (non-hydrogen) atoms. The number of halogens is 1. The van der Waals surface area contributed by atoms with E-state index < -0.39 is 0 Å². The fraction of sp³-hybridized carbons (Fsp3) is 0.176. The number of hydrogen-bond donors (Lipinski definition) is 1. The lowest BCUT2D eigenvalue weighted by atomic mass is 10.1. The summed E-state index contributed by atoms with van der Waals surface area (Å²) in [5.41, 5.74) is 8.85. The van der Waals surface area contributed by atoms with Crippen molar-refractivity contribution in [1.29, 1.82) is 0 Å². The SMILES string of the molecule is Nc1cc([C@@H]2C[C@H]2c2cnc(-c3ncccn3)nc2)ccc1Cl. The first kappa shape index (κ1) is 14.1. The largest absolute Gasteiger partial charge is 0.398 e. The van der Waals surface area contributed by atoms with Gasteiger partial charge in [0.15, 0.2) is 11.6 Å². The predicted octanol–water partition coefficient (Wildman–Crippen LogP) is 3.44. The topological polar surface area (TPSA) is 77.6 Å². The lowest BCUT2D eigenvalue weighted by Gasteiger charge is -2.04. The summed E-state index contributed by atoms with van der Waals surface area (Å²) in [6.45, 7) is 0. The molecule has 2 aromatic heterocycles. The molecule has 4 rings (SSSR count). The van der Waals surface area contributed by atoms with Crippen LogP contribution in [0.3, 0.4) is 0 Å². The quantitative estimate of drug-likeness (QED) is 0.747. The minimum atomic E-state index is 0.432. The molecule has 1 aliphatic rings. The highest BCUT2D eigenvalue weighted by Gasteiger charge is 2.40. The molecule has 0 amide bonds. The van der Waals surface area contributed by atoms with Gasteiger partial charge in [-0.05, 0) is 47.6 Å². The molecule has 0 aliphatic heterocycles. The zero-order valence-electron chi connectivity index (χ0n) is 12.2. The molecule has 6 heteroatoms. The van der Waals surface area contributed by atoms with Crippen molar-refractivity contribution < 1.29 is 0 Å². The molecule has 2 N–H and O–H groups in total. The van der Waals surface area contributed by atoms with Crippen LogP contribution in [0.1, 0.15) is 29.4 Å². The van der Waals surface area contributed by atoms with Crippen LogP contribution >= 0.6 is 11.6 Å². The number of rotatable bonds is 3. The van der Waals surface area contributed by atoms with Gasteiger partial charge in [0.2, 0.25) is 0 Å². The standard InChI is InChI=1S/C17H14ClN5/c18-14-3-2-10(6-15(14)19)12-7-13(12)11-8-22-17(23-9-11)16-20-4-1-5-21-16/h1-6,8-9,12-13H,7,19H2/t12-,13-/m0/s1. The average Bonchev–Trinajstić information content (AvgIpc) is 3.39. The number of anilines is 1. The van der Waals surface area contributed by atoms with Crippen LogP contribution in [0.5, 0.6) is 0 Å². The average molecular weight is 324 g/mol. The Labute approximate surface area is 138 Å². The Kier molecular flexibility index (Phi) is 3.42. The lowest BCUT2D eigenvalue weighted by molar-refractivity contribution is 0.978. The molecule has 0 spiro atoms. The van der Waals surface area contributed by atoms with Gasteiger partial charge in [0, 0.05) is 24.8 Å². The number of benzene rings is 1. The number of nitrogen functional groups attached to an aromatic ring is 1. The highest BCUT2D eigenvalue weighted by molar-refractivity contribution is 6.33. The molecular weight excluding hydrogens is 310 g/mol. The first-order chi connectivity index (χ1) is 11.2. The Bertz CT molecular complexity index is 835. The van der Waals surface area contributed by atoms with Crippen molar-refractivity contribution in [3.8, 4) is 11.6 Å². The molecule has 2 atom stereocenters. The Morgan fingerprint density at radius 3 is 2.26 bits per heavy atom. The third kappa shape index (κ3) is 2.75. The van der Waals surface area contributed by atoms with Gasteiger partial charge in [-0.25, -0.2) is 19.9 Å². The van der Waals surface area contributed by atoms with E-state index in [1.165, 1.54) is 5.56 Å². The fourth-order valence-electron chi connectivity index (χ4n) is 2.78. The van der Waals surface area contributed by atoms with Crippen molar-refractivity contribution in [2.24, 2.45) is 0 Å². The van der Waals surface area contributed by atoms with Crippen molar-refractivity contribution >= 4 is 17.3 Å². The van der Waals surface area contributed by atoms with E-state index in [1.54, 1.807) is 18.5 Å². The van der Waals surface area contributed by atoms with Crippen LogP contribution in [0, 0.1) is 0 Å². The molecule has 1 aliphatic carbocycles. The summed E-state index contributed by atoms with van der Waals surface area (Å²) in [6.07, 6.45) is 8.17. The zero-order chi connectivity index (χ0) is 15.8. The van der Waals surface area contributed by atoms with Gasteiger partial charge in [0.1, 0.15) is 0 Å². The summed E-state index contributed by atoms with van der Waals surface area (Å²) in [5.74, 6) is 1.97. The molecule has 3 aromatic rings. The Morgan fingerprint density at radius 2 is 1.57 bits per heavy atom. The summed E-state index contributed by atoms with van der Waals surface area (Å²) in [5, 5.41) is 0.599. The Morgan fingerprint density at radius 1 is 0.913 bits per heavy atom. The van der Waals surface area contributed by atoms with Gasteiger partial charge >= 0.3 is 0 Å². The van der Waals surface area contributed by atoms with Gasteiger partial charge in [0.25, 0.3) is 0 Å². The maximum absolute atomic E-state index is 5.98. The number of nitrogens with two attached hydrogens (primary N) is 1. The molecule has 114 valence electrons. The van der Waals surface area contributed by atoms with E-state index in [1.807, 2.05) is 30.6 Å². The molecule has 0 saturated heterocycles. The highest BCUT2D eigenvalue weighted by Crippen LogP contribution is 2.54. The maximum Gasteiger partial charge on any atom is 0.197 e. The molecule has 0 radical (unpaired) electrons. The van der Waals surface area contributed by atoms with Gasteiger partial charge in [-0.15, -0.1) is 0 Å². The molecule has 0 bridgehead atoms. The predicted molar refractivity (Wildman–Crippen MR) is 89.0 cm³/mol. The summed E-state index contributed by atoms with van der Waals surface area (Å²) in [4.78, 5) is 17.1. The van der Waals surface area contributed by atoms with E-state index in [4.69, 9.17) is 17.3 Å². The second kappa shape index (κ2) is 5.59. The molecule has 1 saturated carbocycles. The van der Waals surface area contributed by atoms with Crippen LogP contribution in [0.25, 0.3) is 11.6 Å². The second-order valence-electron chi connectivity index (χ2n) is 5.64. The molecule has 5 nitrogen and oxygen atoms in total. The first-order valence-corrected chi connectivity index (χ1v) is 7.74. The van der Waals surface area contributed by atoms with Crippen molar-refractivity contribution in [2.75, 3.05) is 5.73 Å². The normalized spacial score (nSPS) is 19.5. The smallest absolute Gasteiger partial charge is 0.197 e. The van der Waals surface area contributed by atoms with Crippen LogP contribution in [0.2, 0.25) is 5.02 Å². The monoisotopic (exact) mass is 323 g/mol. The summed E-state index contributed by atoms with van der Waals surface area (Å²) >= 11 is 5.98. The van der Waals surface area contributed by atoms with Crippen LogP contribution in [-0.4, -0.2) is 19.9 Å². The first-order valence-electron chi connectivity index (χ1n) is 7.36. The number of hydrogen-bond acceptors (Lipinski definition) is 5. The highest BCUT2D eigenvalue weighted by atomic mass is 35.5. The third-order valence-corrected chi connectivity index (χ3v) is 4.45. The molecule has 0 unspecified atom stereocenters. The summed E-state index contributed by atoms with van der Waals surface area (Å²) < 4.78 is 0. The molecule has 2 heterocycles.